The van der Waals surface area contributed by atoms with Gasteiger partial charge in [0.2, 0.25) is 0 Å². The molecule has 0 spiro atoms. The summed E-state index contributed by atoms with van der Waals surface area (Å²) in [5, 5.41) is 0. The highest BCUT2D eigenvalue weighted by Crippen LogP contribution is 1.99. The quantitative estimate of drug-likeness (QED) is 0.656. The molecule has 0 radical (unpaired) electrons. The Bertz CT molecular complexity index is 230. The van der Waals surface area contributed by atoms with E-state index in [4.69, 9.17) is 17.2 Å². The molecule has 14 heavy (non-hydrogen) atoms. The minimum absolute atomic E-state index is 0.597. The van der Waals surface area contributed by atoms with Crippen molar-refractivity contribution in [2.45, 2.75) is 0 Å². The zero-order valence-corrected chi connectivity index (χ0v) is 8.39. The third kappa shape index (κ3) is 7.49. The van der Waals surface area contributed by atoms with Gasteiger partial charge in [0.1, 0.15) is 0 Å². The van der Waals surface area contributed by atoms with E-state index < -0.39 is 0 Å². The minimum atomic E-state index is 0.597. The maximum atomic E-state index is 5.29. The van der Waals surface area contributed by atoms with Gasteiger partial charge in [-0.15, -0.1) is 0 Å². The molecule has 0 fully saturated rings. The Balaban J connectivity index is 0.000000364. The maximum Gasteiger partial charge on any atom is 0.0110 e. The molecule has 0 amide bonds. The summed E-state index contributed by atoms with van der Waals surface area (Å²) in [4.78, 5) is 0. The van der Waals surface area contributed by atoms with Gasteiger partial charge in [0.15, 0.2) is 0 Å². The van der Waals surface area contributed by atoms with E-state index in [9.17, 15) is 0 Å². The Labute approximate surface area is 85.6 Å². The van der Waals surface area contributed by atoms with E-state index in [-0.39, 0.29) is 0 Å². The first-order valence-corrected chi connectivity index (χ1v) is 4.67. The lowest BCUT2D eigenvalue weighted by molar-refractivity contribution is 0.976. The molecule has 1 rings (SSSR count). The van der Waals surface area contributed by atoms with Crippen molar-refractivity contribution >= 4 is 6.08 Å². The van der Waals surface area contributed by atoms with Gasteiger partial charge in [-0.1, -0.05) is 42.5 Å². The van der Waals surface area contributed by atoms with Crippen LogP contribution in [-0.4, -0.2) is 19.6 Å². The van der Waals surface area contributed by atoms with Crippen LogP contribution in [0, 0.1) is 0 Å². The topological polar surface area (TPSA) is 78.1 Å². The number of hydrogen-bond donors (Lipinski definition) is 3. The molecule has 0 atom stereocenters. The van der Waals surface area contributed by atoms with Crippen molar-refractivity contribution in [3.8, 4) is 0 Å². The second-order valence-corrected chi connectivity index (χ2v) is 2.63. The van der Waals surface area contributed by atoms with Crippen LogP contribution in [0.1, 0.15) is 5.56 Å². The summed E-state index contributed by atoms with van der Waals surface area (Å²) < 4.78 is 0. The van der Waals surface area contributed by atoms with Gasteiger partial charge in [-0.25, -0.2) is 0 Å². The highest BCUT2D eigenvalue weighted by atomic mass is 14.6. The molecule has 78 valence electrons. The van der Waals surface area contributed by atoms with Crippen LogP contribution in [0.15, 0.2) is 36.4 Å². The Morgan fingerprint density at radius 2 is 1.50 bits per heavy atom. The van der Waals surface area contributed by atoms with Crippen LogP contribution in [0.3, 0.4) is 0 Å². The van der Waals surface area contributed by atoms with E-state index >= 15 is 0 Å². The van der Waals surface area contributed by atoms with Gasteiger partial charge < -0.3 is 17.2 Å². The average molecular weight is 193 g/mol. The van der Waals surface area contributed by atoms with Crippen LogP contribution >= 0.6 is 0 Å². The lowest BCUT2D eigenvalue weighted by atomic mass is 10.2. The fourth-order valence-corrected chi connectivity index (χ4v) is 0.768. The second-order valence-electron chi connectivity index (χ2n) is 2.63. The molecule has 0 saturated carbocycles. The summed E-state index contributed by atoms with van der Waals surface area (Å²) in [6.07, 6.45) is 3.95. The Morgan fingerprint density at radius 1 is 0.929 bits per heavy atom. The van der Waals surface area contributed by atoms with Crippen LogP contribution in [-0.2, 0) is 0 Å². The molecule has 3 heteroatoms. The number of nitrogens with two attached hydrogens (primary N) is 3. The van der Waals surface area contributed by atoms with Crippen molar-refractivity contribution in [1.29, 1.82) is 0 Å². The molecule has 1 aromatic rings. The zero-order valence-electron chi connectivity index (χ0n) is 8.39. The zero-order chi connectivity index (χ0) is 10.6. The first-order valence-electron chi connectivity index (χ1n) is 4.67. The van der Waals surface area contributed by atoms with Crippen molar-refractivity contribution in [3.63, 3.8) is 0 Å². The Hall–Kier alpha value is -1.16. The molecule has 0 aromatic heterocycles. The lowest BCUT2D eigenvalue weighted by Gasteiger charge is -1.88. The van der Waals surface area contributed by atoms with E-state index in [0.717, 1.165) is 0 Å². The Kier molecular flexibility index (Phi) is 9.10. The lowest BCUT2D eigenvalue weighted by Crippen LogP contribution is -2.11. The molecule has 0 bridgehead atoms. The van der Waals surface area contributed by atoms with Gasteiger partial charge in [0.25, 0.3) is 0 Å². The van der Waals surface area contributed by atoms with E-state index in [0.29, 0.717) is 19.6 Å². The van der Waals surface area contributed by atoms with Gasteiger partial charge >= 0.3 is 0 Å². The summed E-state index contributed by atoms with van der Waals surface area (Å²) in [6.45, 7) is 1.80. The minimum Gasteiger partial charge on any atom is -0.329 e. The molecule has 0 aliphatic rings. The molecule has 0 aliphatic heterocycles. The molecule has 0 aliphatic carbocycles. The van der Waals surface area contributed by atoms with Crippen molar-refractivity contribution < 1.29 is 0 Å². The fraction of sp³-hybridized carbons (Fsp3) is 0.273. The molecule has 1 aromatic carbocycles. The number of hydrogen-bond acceptors (Lipinski definition) is 3. The summed E-state index contributed by atoms with van der Waals surface area (Å²) in [5.41, 5.74) is 16.3. The van der Waals surface area contributed by atoms with Crippen LogP contribution in [0.5, 0.6) is 0 Å². The van der Waals surface area contributed by atoms with Gasteiger partial charge in [-0.3, -0.25) is 0 Å². The predicted molar refractivity (Wildman–Crippen MR) is 62.6 cm³/mol. The average Bonchev–Trinajstić information content (AvgIpc) is 2.28. The number of rotatable bonds is 3. The highest BCUT2D eigenvalue weighted by molar-refractivity contribution is 5.48. The van der Waals surface area contributed by atoms with Gasteiger partial charge in [-0.2, -0.15) is 0 Å². The second kappa shape index (κ2) is 9.92. The SMILES string of the molecule is NCC=Cc1ccccc1.NCCN. The van der Waals surface area contributed by atoms with Crippen LogP contribution in [0.4, 0.5) is 0 Å². The van der Waals surface area contributed by atoms with E-state index in [1.165, 1.54) is 5.56 Å². The molecular formula is C11H19N3. The van der Waals surface area contributed by atoms with Gasteiger partial charge in [0, 0.05) is 19.6 Å². The normalized spacial score (nSPS) is 9.64. The summed E-state index contributed by atoms with van der Waals surface area (Å²) in [5.74, 6) is 0. The maximum absolute atomic E-state index is 5.29. The number of benzene rings is 1. The molecule has 6 N–H and O–H groups in total. The van der Waals surface area contributed by atoms with Crippen molar-refractivity contribution in [2.24, 2.45) is 17.2 Å². The Morgan fingerprint density at radius 3 is 1.93 bits per heavy atom. The summed E-state index contributed by atoms with van der Waals surface area (Å²) in [6, 6.07) is 10.1. The van der Waals surface area contributed by atoms with E-state index in [1.807, 2.05) is 42.5 Å². The third-order valence-electron chi connectivity index (χ3n) is 1.41. The summed E-state index contributed by atoms with van der Waals surface area (Å²) in [7, 11) is 0. The van der Waals surface area contributed by atoms with Crippen LogP contribution in [0.2, 0.25) is 0 Å². The van der Waals surface area contributed by atoms with Crippen molar-refractivity contribution in [2.75, 3.05) is 19.6 Å². The first kappa shape index (κ1) is 12.8. The predicted octanol–water partition coefficient (Wildman–Crippen LogP) is 0.562. The summed E-state index contributed by atoms with van der Waals surface area (Å²) >= 11 is 0. The fourth-order valence-electron chi connectivity index (χ4n) is 0.768. The highest BCUT2D eigenvalue weighted by Gasteiger charge is 1.79. The molecular weight excluding hydrogens is 174 g/mol. The van der Waals surface area contributed by atoms with E-state index in [1.54, 1.807) is 0 Å². The smallest absolute Gasteiger partial charge is 0.0110 e. The molecule has 0 heterocycles. The van der Waals surface area contributed by atoms with Gasteiger partial charge in [0.05, 0.1) is 0 Å². The van der Waals surface area contributed by atoms with Crippen LogP contribution < -0.4 is 17.2 Å². The third-order valence-corrected chi connectivity index (χ3v) is 1.41. The molecule has 3 nitrogen and oxygen atoms in total. The van der Waals surface area contributed by atoms with E-state index in [2.05, 4.69) is 0 Å². The monoisotopic (exact) mass is 193 g/mol. The molecule has 0 unspecified atom stereocenters. The first-order chi connectivity index (χ1) is 6.85. The van der Waals surface area contributed by atoms with Crippen LogP contribution in [0.25, 0.3) is 6.08 Å². The van der Waals surface area contributed by atoms with Crippen molar-refractivity contribution in [3.05, 3.63) is 42.0 Å². The molecule has 0 saturated heterocycles. The standard InChI is InChI=1S/C9H11N.C2H8N2/c10-8-4-7-9-5-2-1-3-6-9;3-1-2-4/h1-7H,8,10H2;1-4H2. The van der Waals surface area contributed by atoms with Crippen molar-refractivity contribution in [1.82, 2.24) is 0 Å². The largest absolute Gasteiger partial charge is 0.329 e. The van der Waals surface area contributed by atoms with Gasteiger partial charge in [-0.05, 0) is 5.56 Å².